The van der Waals surface area contributed by atoms with Crippen LogP contribution in [0.2, 0.25) is 0 Å². The highest BCUT2D eigenvalue weighted by atomic mass is 32.2. The lowest BCUT2D eigenvalue weighted by molar-refractivity contribution is 0.111. The lowest BCUT2D eigenvalue weighted by Crippen LogP contribution is -2.25. The molecule has 3 rings (SSSR count). The fourth-order valence-corrected chi connectivity index (χ4v) is 3.92. The largest absolute Gasteiger partial charge is 0.320 e. The fraction of sp³-hybridized carbons (Fsp3) is 0. The molecule has 5 nitrogen and oxygen atoms in total. The number of aldehydes is 1. The van der Waals surface area contributed by atoms with Crippen molar-refractivity contribution in [2.75, 3.05) is 5.32 Å². The first-order chi connectivity index (χ1) is 9.76. The summed E-state index contributed by atoms with van der Waals surface area (Å²) in [4.78, 5) is 11.8. The maximum Gasteiger partial charge on any atom is 0.181 e. The molecular weight excluding hydrogens is 292 g/mol. The first-order valence-electron chi connectivity index (χ1n) is 5.91. The van der Waals surface area contributed by atoms with E-state index in [1.807, 2.05) is 12.1 Å². The van der Waals surface area contributed by atoms with E-state index < -0.39 is 11.1 Å². The first kappa shape index (κ1) is 12.9. The van der Waals surface area contributed by atoms with Gasteiger partial charge >= 0.3 is 0 Å². The quantitative estimate of drug-likeness (QED) is 0.398. The highest BCUT2D eigenvalue weighted by Crippen LogP contribution is 2.42. The average molecular weight is 304 g/mol. The van der Waals surface area contributed by atoms with Crippen molar-refractivity contribution >= 4 is 46.6 Å². The molecule has 0 fully saturated rings. The number of aromatic nitrogens is 2. The van der Waals surface area contributed by atoms with Crippen LogP contribution in [0.4, 0.5) is 5.82 Å². The smallest absolute Gasteiger partial charge is 0.181 e. The summed E-state index contributed by atoms with van der Waals surface area (Å²) in [6.07, 6.45) is 2.77. The summed E-state index contributed by atoms with van der Waals surface area (Å²) in [5.41, 5.74) is 1.56. The maximum absolute atomic E-state index is 10.6. The highest BCUT2D eigenvalue weighted by molar-refractivity contribution is 8.19. The van der Waals surface area contributed by atoms with E-state index in [4.69, 9.17) is 12.2 Å². The zero-order chi connectivity index (χ0) is 13.9. The van der Waals surface area contributed by atoms with E-state index in [2.05, 4.69) is 43.9 Å². The van der Waals surface area contributed by atoms with Gasteiger partial charge in [0.05, 0.1) is 0 Å². The van der Waals surface area contributed by atoms with Crippen LogP contribution in [0.1, 0.15) is 16.1 Å². The normalized spacial score (nSPS) is 17.5. The standard InChI is InChI=1S/C13H12N4OS2/c18-8-10-7-12(16-15-10)14-13(19)17-20-6-5-9-3-1-2-4-11(9)20/h1-8,20H,(H3,14,15,16,17,19). The van der Waals surface area contributed by atoms with Crippen LogP contribution in [0.3, 0.4) is 0 Å². The number of hydrogen-bond acceptors (Lipinski definition) is 3. The van der Waals surface area contributed by atoms with Crippen molar-refractivity contribution < 1.29 is 4.79 Å². The van der Waals surface area contributed by atoms with Gasteiger partial charge in [0.2, 0.25) is 0 Å². The molecule has 2 aromatic rings. The number of hydrogen-bond donors (Lipinski definition) is 4. The fourth-order valence-electron chi connectivity index (χ4n) is 1.90. The predicted molar refractivity (Wildman–Crippen MR) is 86.1 cm³/mol. The number of nitrogens with one attached hydrogen (secondary N) is 3. The van der Waals surface area contributed by atoms with E-state index >= 15 is 0 Å². The van der Waals surface area contributed by atoms with Gasteiger partial charge in [0.15, 0.2) is 11.4 Å². The van der Waals surface area contributed by atoms with E-state index in [9.17, 15) is 4.79 Å². The van der Waals surface area contributed by atoms with Gasteiger partial charge in [-0.1, -0.05) is 18.2 Å². The van der Waals surface area contributed by atoms with Crippen LogP contribution in [-0.2, 0) is 0 Å². The number of rotatable bonds is 3. The van der Waals surface area contributed by atoms with Gasteiger partial charge in [-0.25, -0.2) is 0 Å². The summed E-state index contributed by atoms with van der Waals surface area (Å²) in [5, 5.41) is 12.1. The van der Waals surface area contributed by atoms with Gasteiger partial charge in [0.1, 0.15) is 11.5 Å². The Hall–Kier alpha value is -2.12. The lowest BCUT2D eigenvalue weighted by Gasteiger charge is -2.19. The van der Waals surface area contributed by atoms with Crippen molar-refractivity contribution in [1.82, 2.24) is 14.9 Å². The predicted octanol–water partition coefficient (Wildman–Crippen LogP) is 2.47. The highest BCUT2D eigenvalue weighted by Gasteiger charge is 2.14. The molecule has 0 saturated heterocycles. The zero-order valence-corrected chi connectivity index (χ0v) is 12.0. The van der Waals surface area contributed by atoms with Crippen LogP contribution in [0.15, 0.2) is 40.6 Å². The second kappa shape index (κ2) is 5.48. The number of carbonyl (C=O) groups excluding carboxylic acids is 1. The number of thiol groups is 1. The Bertz CT molecular complexity index is 695. The van der Waals surface area contributed by atoms with Crippen molar-refractivity contribution in [2.45, 2.75) is 4.90 Å². The molecule has 0 amide bonds. The molecule has 102 valence electrons. The molecule has 3 N–H and O–H groups in total. The van der Waals surface area contributed by atoms with Crippen molar-refractivity contribution in [3.05, 3.63) is 47.0 Å². The summed E-state index contributed by atoms with van der Waals surface area (Å²) in [5.74, 6) is 0.594. The van der Waals surface area contributed by atoms with Crippen LogP contribution in [0, 0.1) is 0 Å². The van der Waals surface area contributed by atoms with Crippen LogP contribution >= 0.6 is 23.3 Å². The number of fused-ring (bicyclic) bond motifs is 1. The van der Waals surface area contributed by atoms with E-state index in [1.54, 1.807) is 6.07 Å². The summed E-state index contributed by atoms with van der Waals surface area (Å²) in [6, 6.07) is 9.82. The molecule has 1 aliphatic heterocycles. The molecule has 1 unspecified atom stereocenters. The number of H-pyrrole nitrogens is 1. The van der Waals surface area contributed by atoms with Gasteiger partial charge in [0, 0.05) is 11.0 Å². The Kier molecular flexibility index (Phi) is 3.53. The Morgan fingerprint density at radius 2 is 2.25 bits per heavy atom. The van der Waals surface area contributed by atoms with E-state index in [1.165, 1.54) is 10.5 Å². The van der Waals surface area contributed by atoms with Gasteiger partial charge in [-0.2, -0.15) is 5.10 Å². The maximum atomic E-state index is 10.6. The van der Waals surface area contributed by atoms with Crippen LogP contribution in [0.5, 0.6) is 0 Å². The summed E-state index contributed by atoms with van der Waals surface area (Å²) in [7, 11) is 0. The third-order valence-corrected chi connectivity index (χ3v) is 4.98. The molecule has 20 heavy (non-hydrogen) atoms. The van der Waals surface area contributed by atoms with E-state index in [-0.39, 0.29) is 0 Å². The van der Waals surface area contributed by atoms with E-state index in [0.29, 0.717) is 22.9 Å². The minimum atomic E-state index is -0.631. The van der Waals surface area contributed by atoms with Crippen LogP contribution < -0.4 is 10.0 Å². The summed E-state index contributed by atoms with van der Waals surface area (Å²) >= 11 is 4.64. The monoisotopic (exact) mass is 304 g/mol. The molecule has 0 aliphatic carbocycles. The molecule has 0 spiro atoms. The number of anilines is 1. The van der Waals surface area contributed by atoms with Crippen molar-refractivity contribution in [1.29, 1.82) is 0 Å². The Labute approximate surface area is 123 Å². The van der Waals surface area contributed by atoms with Gasteiger partial charge < -0.3 is 10.0 Å². The number of nitrogens with zero attached hydrogens (tertiary/aromatic N) is 1. The Balaban J connectivity index is 1.65. The second-order valence-electron chi connectivity index (χ2n) is 4.13. The molecule has 2 heterocycles. The average Bonchev–Trinajstić information content (AvgIpc) is 3.06. The van der Waals surface area contributed by atoms with Crippen LogP contribution in [-0.4, -0.2) is 21.6 Å². The molecule has 0 radical (unpaired) electrons. The molecule has 1 aromatic heterocycles. The SMILES string of the molecule is O=Cc1cc(NC(=S)N[SH]2C=Cc3ccccc32)[nH]n1. The molecule has 0 bridgehead atoms. The molecule has 1 aromatic carbocycles. The summed E-state index contributed by atoms with van der Waals surface area (Å²) < 4.78 is 3.27. The minimum Gasteiger partial charge on any atom is -0.320 e. The summed E-state index contributed by atoms with van der Waals surface area (Å²) in [6.45, 7) is 0. The van der Waals surface area contributed by atoms with Gasteiger partial charge in [-0.05, 0) is 35.3 Å². The number of aromatic amines is 1. The first-order valence-corrected chi connectivity index (χ1v) is 7.73. The third kappa shape index (κ3) is 2.59. The molecular formula is C13H12N4OS2. The van der Waals surface area contributed by atoms with Gasteiger partial charge in [-0.15, -0.1) is 11.1 Å². The van der Waals surface area contributed by atoms with E-state index in [0.717, 1.165) is 0 Å². The third-order valence-electron chi connectivity index (χ3n) is 2.79. The van der Waals surface area contributed by atoms with Crippen molar-refractivity contribution in [3.63, 3.8) is 0 Å². The van der Waals surface area contributed by atoms with Crippen LogP contribution in [0.25, 0.3) is 6.08 Å². The Morgan fingerprint density at radius 3 is 3.05 bits per heavy atom. The second-order valence-corrected chi connectivity index (χ2v) is 6.29. The molecule has 7 heteroatoms. The molecule has 0 saturated carbocycles. The number of benzene rings is 1. The van der Waals surface area contributed by atoms with Crippen molar-refractivity contribution in [3.8, 4) is 0 Å². The topological polar surface area (TPSA) is 69.8 Å². The molecule has 1 aliphatic rings. The zero-order valence-electron chi connectivity index (χ0n) is 10.3. The van der Waals surface area contributed by atoms with Gasteiger partial charge in [0.25, 0.3) is 0 Å². The molecule has 1 atom stereocenters. The Morgan fingerprint density at radius 1 is 1.40 bits per heavy atom. The van der Waals surface area contributed by atoms with Crippen molar-refractivity contribution in [2.24, 2.45) is 0 Å². The number of carbonyl (C=O) groups is 1. The minimum absolute atomic E-state index is 0.340. The van der Waals surface area contributed by atoms with Gasteiger partial charge in [-0.3, -0.25) is 9.89 Å². The lowest BCUT2D eigenvalue weighted by atomic mass is 10.2. The number of thiocarbonyl (C=S) groups is 1.